The molecule has 1 aromatic heterocycles. The number of aliphatic imine (C=N–C) groups is 1. The van der Waals surface area contributed by atoms with E-state index in [1.807, 2.05) is 37.8 Å². The lowest BCUT2D eigenvalue weighted by Gasteiger charge is -2.21. The number of nitrogens with one attached hydrogen (secondary N) is 1. The van der Waals surface area contributed by atoms with Crippen molar-refractivity contribution in [3.8, 4) is 0 Å². The minimum absolute atomic E-state index is 0.707. The highest BCUT2D eigenvalue weighted by Gasteiger charge is 2.25. The molecule has 1 N–H and O–H groups in total. The molecular formula is C19H27N5S2. The van der Waals surface area contributed by atoms with Gasteiger partial charge < -0.3 is 15.1 Å². The van der Waals surface area contributed by atoms with Crippen LogP contribution in [0.15, 0.2) is 45.6 Å². The summed E-state index contributed by atoms with van der Waals surface area (Å²) in [7, 11) is 5.90. The van der Waals surface area contributed by atoms with Gasteiger partial charge in [0.15, 0.2) is 11.1 Å². The van der Waals surface area contributed by atoms with Crippen molar-refractivity contribution in [3.05, 3.63) is 41.4 Å². The Bertz CT molecular complexity index is 714. The van der Waals surface area contributed by atoms with E-state index in [4.69, 9.17) is 0 Å². The van der Waals surface area contributed by atoms with Gasteiger partial charge in [-0.15, -0.1) is 23.1 Å². The Morgan fingerprint density at radius 1 is 1.38 bits per heavy atom. The quantitative estimate of drug-likeness (QED) is 0.466. The highest BCUT2D eigenvalue weighted by molar-refractivity contribution is 7.99. The molecule has 1 aromatic carbocycles. The number of likely N-dealkylation sites (tertiary alicyclic amines) is 1. The van der Waals surface area contributed by atoms with Crippen LogP contribution in [0.2, 0.25) is 0 Å². The third-order valence-corrected chi connectivity index (χ3v) is 6.68. The molecule has 1 aliphatic heterocycles. The molecule has 7 heteroatoms. The predicted molar refractivity (Wildman–Crippen MR) is 113 cm³/mol. The second-order valence-electron chi connectivity index (χ2n) is 6.64. The molecule has 0 amide bonds. The van der Waals surface area contributed by atoms with Crippen LogP contribution in [-0.2, 0) is 6.54 Å². The van der Waals surface area contributed by atoms with Gasteiger partial charge in [0.05, 0.1) is 12.2 Å². The molecule has 0 saturated carbocycles. The second-order valence-corrected chi connectivity index (χ2v) is 8.57. The van der Waals surface area contributed by atoms with E-state index in [2.05, 4.69) is 55.9 Å². The zero-order valence-corrected chi connectivity index (χ0v) is 17.3. The first-order chi connectivity index (χ1) is 12.7. The zero-order chi connectivity index (χ0) is 18.4. The summed E-state index contributed by atoms with van der Waals surface area (Å²) >= 11 is 3.63. The summed E-state index contributed by atoms with van der Waals surface area (Å²) in [6.45, 7) is 2.86. The maximum Gasteiger partial charge on any atom is 0.193 e. The molecule has 0 bridgehead atoms. The van der Waals surface area contributed by atoms with Crippen LogP contribution < -0.4 is 10.2 Å². The van der Waals surface area contributed by atoms with Crippen molar-refractivity contribution in [2.45, 2.75) is 17.9 Å². The van der Waals surface area contributed by atoms with E-state index in [-0.39, 0.29) is 0 Å². The molecule has 1 aliphatic rings. The summed E-state index contributed by atoms with van der Waals surface area (Å²) in [5.41, 5.74) is 1.07. The second kappa shape index (κ2) is 9.28. The number of aromatic nitrogens is 1. The van der Waals surface area contributed by atoms with Gasteiger partial charge >= 0.3 is 0 Å². The van der Waals surface area contributed by atoms with Crippen molar-refractivity contribution >= 4 is 34.2 Å². The van der Waals surface area contributed by atoms with Crippen molar-refractivity contribution in [3.63, 3.8) is 0 Å². The Morgan fingerprint density at radius 3 is 2.88 bits per heavy atom. The van der Waals surface area contributed by atoms with Gasteiger partial charge in [-0.2, -0.15) is 0 Å². The number of benzene rings is 1. The topological polar surface area (TPSA) is 43.8 Å². The number of rotatable bonds is 6. The fourth-order valence-corrected chi connectivity index (χ4v) is 4.78. The van der Waals surface area contributed by atoms with Crippen molar-refractivity contribution in [2.75, 3.05) is 44.9 Å². The summed E-state index contributed by atoms with van der Waals surface area (Å²) in [4.78, 5) is 14.9. The Balaban J connectivity index is 1.46. The first-order valence-electron chi connectivity index (χ1n) is 8.91. The molecule has 2 aromatic rings. The van der Waals surface area contributed by atoms with Gasteiger partial charge in [0.1, 0.15) is 0 Å². The van der Waals surface area contributed by atoms with E-state index in [1.165, 1.54) is 11.3 Å². The van der Waals surface area contributed by atoms with Crippen molar-refractivity contribution in [2.24, 2.45) is 10.9 Å². The highest BCUT2D eigenvalue weighted by atomic mass is 32.2. The Morgan fingerprint density at radius 2 is 2.19 bits per heavy atom. The standard InChI is InChI=1S/C19H27N5S2/c1-20-18(21-11-16-14-26-19(22-16)23(2)3)24-10-9-15(12-24)13-25-17-7-5-4-6-8-17/h4-8,14-15H,9-13H2,1-3H3,(H,20,21). The number of anilines is 1. The van der Waals surface area contributed by atoms with Gasteiger partial charge in [-0.05, 0) is 24.5 Å². The summed E-state index contributed by atoms with van der Waals surface area (Å²) in [5.74, 6) is 2.85. The third-order valence-electron chi connectivity index (χ3n) is 4.38. The van der Waals surface area contributed by atoms with Gasteiger partial charge in [-0.25, -0.2) is 4.98 Å². The maximum absolute atomic E-state index is 4.63. The minimum Gasteiger partial charge on any atom is -0.354 e. The zero-order valence-electron chi connectivity index (χ0n) is 15.7. The number of thioether (sulfide) groups is 1. The number of hydrogen-bond donors (Lipinski definition) is 1. The molecule has 2 heterocycles. The molecule has 0 aliphatic carbocycles. The molecule has 3 rings (SSSR count). The van der Waals surface area contributed by atoms with E-state index >= 15 is 0 Å². The van der Waals surface area contributed by atoms with E-state index < -0.39 is 0 Å². The van der Waals surface area contributed by atoms with E-state index in [0.717, 1.165) is 42.2 Å². The lowest BCUT2D eigenvalue weighted by molar-refractivity contribution is 0.474. The molecule has 1 atom stereocenters. The monoisotopic (exact) mass is 389 g/mol. The summed E-state index contributed by atoms with van der Waals surface area (Å²) < 4.78 is 0. The largest absolute Gasteiger partial charge is 0.354 e. The van der Waals surface area contributed by atoms with Gasteiger partial charge in [0, 0.05) is 50.3 Å². The van der Waals surface area contributed by atoms with Crippen molar-refractivity contribution < 1.29 is 0 Å². The smallest absolute Gasteiger partial charge is 0.193 e. The normalized spacial score (nSPS) is 17.6. The fourth-order valence-electron chi connectivity index (χ4n) is 2.98. The molecule has 140 valence electrons. The van der Waals surface area contributed by atoms with Crippen molar-refractivity contribution in [1.82, 2.24) is 15.2 Å². The molecule has 1 fully saturated rings. The van der Waals surface area contributed by atoms with Crippen LogP contribution in [0.3, 0.4) is 0 Å². The molecule has 0 spiro atoms. The lowest BCUT2D eigenvalue weighted by atomic mass is 10.2. The number of guanidine groups is 1. The number of hydrogen-bond acceptors (Lipinski definition) is 5. The molecule has 1 unspecified atom stereocenters. The summed E-state index contributed by atoms with van der Waals surface area (Å²) in [6.07, 6.45) is 1.22. The van der Waals surface area contributed by atoms with E-state index in [1.54, 1.807) is 11.3 Å². The van der Waals surface area contributed by atoms with E-state index in [9.17, 15) is 0 Å². The summed E-state index contributed by atoms with van der Waals surface area (Å²) in [6, 6.07) is 10.7. The average molecular weight is 390 g/mol. The predicted octanol–water partition coefficient (Wildman–Crippen LogP) is 3.40. The van der Waals surface area contributed by atoms with Gasteiger partial charge in [0.2, 0.25) is 0 Å². The maximum atomic E-state index is 4.63. The molecule has 0 radical (unpaired) electrons. The van der Waals surface area contributed by atoms with Crippen molar-refractivity contribution in [1.29, 1.82) is 0 Å². The Kier molecular flexibility index (Phi) is 6.80. The first kappa shape index (κ1) is 19.0. The van der Waals surface area contributed by atoms with Gasteiger partial charge in [-0.1, -0.05) is 18.2 Å². The number of nitrogens with zero attached hydrogens (tertiary/aromatic N) is 4. The first-order valence-corrected chi connectivity index (χ1v) is 10.8. The average Bonchev–Trinajstić information content (AvgIpc) is 3.31. The lowest BCUT2D eigenvalue weighted by Crippen LogP contribution is -2.39. The van der Waals surface area contributed by atoms with Crippen LogP contribution in [0.25, 0.3) is 0 Å². The van der Waals surface area contributed by atoms with E-state index in [0.29, 0.717) is 5.92 Å². The molecular weight excluding hydrogens is 362 g/mol. The van der Waals surface area contributed by atoms with Crippen LogP contribution in [0, 0.1) is 5.92 Å². The highest BCUT2D eigenvalue weighted by Crippen LogP contribution is 2.26. The number of thiazole rings is 1. The Labute approximate surface area is 164 Å². The third kappa shape index (κ3) is 5.14. The summed E-state index contributed by atoms with van der Waals surface area (Å²) in [5, 5.41) is 6.62. The van der Waals surface area contributed by atoms with Crippen LogP contribution in [-0.4, -0.2) is 55.8 Å². The van der Waals surface area contributed by atoms with Crippen LogP contribution in [0.5, 0.6) is 0 Å². The Hall–Kier alpha value is -1.73. The SMILES string of the molecule is CN=C(NCc1csc(N(C)C)n1)N1CCC(CSc2ccccc2)C1. The molecule has 1 saturated heterocycles. The van der Waals surface area contributed by atoms with Gasteiger partial charge in [-0.3, -0.25) is 4.99 Å². The van der Waals surface area contributed by atoms with Crippen LogP contribution in [0.1, 0.15) is 12.1 Å². The minimum atomic E-state index is 0.707. The van der Waals surface area contributed by atoms with Crippen LogP contribution >= 0.6 is 23.1 Å². The van der Waals surface area contributed by atoms with Crippen LogP contribution in [0.4, 0.5) is 5.13 Å². The molecule has 26 heavy (non-hydrogen) atoms. The van der Waals surface area contributed by atoms with Gasteiger partial charge in [0.25, 0.3) is 0 Å². The fraction of sp³-hybridized carbons (Fsp3) is 0.474. The molecule has 5 nitrogen and oxygen atoms in total.